The van der Waals surface area contributed by atoms with E-state index in [0.717, 1.165) is 18.7 Å². The van der Waals surface area contributed by atoms with E-state index in [1.165, 1.54) is 5.70 Å². The molecule has 0 aromatic carbocycles. The molecule has 2 nitrogen and oxygen atoms in total. The second-order valence-corrected chi connectivity index (χ2v) is 2.14. The van der Waals surface area contributed by atoms with Crippen LogP contribution < -0.4 is 11.1 Å². The number of nitrogens with two attached hydrogens (primary N) is 1. The van der Waals surface area contributed by atoms with Crippen LogP contribution in [0.2, 0.25) is 0 Å². The van der Waals surface area contributed by atoms with Crippen molar-refractivity contribution < 1.29 is 0 Å². The van der Waals surface area contributed by atoms with Crippen LogP contribution in [0.4, 0.5) is 0 Å². The first-order valence-electron chi connectivity index (χ1n) is 3.22. The Morgan fingerprint density at radius 1 is 1.67 bits per heavy atom. The molecule has 1 rings (SSSR count). The molecular formula is C7H12N2. The second kappa shape index (κ2) is 2.58. The van der Waals surface area contributed by atoms with E-state index in [1.54, 1.807) is 0 Å². The zero-order valence-electron chi connectivity index (χ0n) is 5.65. The number of hydrogen-bond donors (Lipinski definition) is 2. The van der Waals surface area contributed by atoms with Crippen molar-refractivity contribution in [1.82, 2.24) is 5.32 Å². The van der Waals surface area contributed by atoms with Crippen molar-refractivity contribution in [3.05, 3.63) is 23.5 Å². The Bertz CT molecular complexity index is 156. The van der Waals surface area contributed by atoms with E-state index in [4.69, 9.17) is 5.73 Å². The van der Waals surface area contributed by atoms with E-state index in [9.17, 15) is 0 Å². The smallest absolute Gasteiger partial charge is 0.0542 e. The normalized spacial score (nSPS) is 17.9. The van der Waals surface area contributed by atoms with Crippen molar-refractivity contribution in [2.24, 2.45) is 5.73 Å². The summed E-state index contributed by atoms with van der Waals surface area (Å²) in [5, 5.41) is 3.19. The van der Waals surface area contributed by atoms with Gasteiger partial charge in [-0.15, -0.1) is 0 Å². The van der Waals surface area contributed by atoms with E-state index in [-0.39, 0.29) is 0 Å². The van der Waals surface area contributed by atoms with Crippen molar-refractivity contribution in [2.45, 2.75) is 13.3 Å². The molecule has 1 aliphatic heterocycles. The van der Waals surface area contributed by atoms with Crippen LogP contribution in [-0.2, 0) is 0 Å². The van der Waals surface area contributed by atoms with Gasteiger partial charge in [-0.2, -0.15) is 0 Å². The summed E-state index contributed by atoms with van der Waals surface area (Å²) >= 11 is 0. The summed E-state index contributed by atoms with van der Waals surface area (Å²) in [6.07, 6.45) is 5.04. The Labute approximate surface area is 55.4 Å². The molecule has 0 fully saturated rings. The highest BCUT2D eigenvalue weighted by Gasteiger charge is 1.97. The Morgan fingerprint density at radius 3 is 2.89 bits per heavy atom. The van der Waals surface area contributed by atoms with Gasteiger partial charge in [0, 0.05) is 11.4 Å². The third-order valence-corrected chi connectivity index (χ3v) is 1.40. The van der Waals surface area contributed by atoms with Gasteiger partial charge in [-0.05, 0) is 18.6 Å². The summed E-state index contributed by atoms with van der Waals surface area (Å²) < 4.78 is 0. The molecule has 50 valence electrons. The lowest BCUT2D eigenvalue weighted by Gasteiger charge is -2.12. The average Bonchev–Trinajstić information content (AvgIpc) is 1.90. The monoisotopic (exact) mass is 124 g/mol. The first-order chi connectivity index (χ1) is 4.33. The van der Waals surface area contributed by atoms with Crippen molar-refractivity contribution in [2.75, 3.05) is 6.54 Å². The van der Waals surface area contributed by atoms with Crippen molar-refractivity contribution in [1.29, 1.82) is 0 Å². The topological polar surface area (TPSA) is 38.0 Å². The lowest BCUT2D eigenvalue weighted by atomic mass is 10.2. The highest BCUT2D eigenvalue weighted by molar-refractivity contribution is 5.21. The van der Waals surface area contributed by atoms with E-state index < -0.39 is 0 Å². The molecule has 0 saturated carbocycles. The van der Waals surface area contributed by atoms with E-state index in [0.29, 0.717) is 0 Å². The minimum Gasteiger partial charge on any atom is -0.401 e. The molecule has 1 aliphatic rings. The minimum absolute atomic E-state index is 0.805. The number of dihydropyridines is 1. The van der Waals surface area contributed by atoms with Gasteiger partial charge in [-0.25, -0.2) is 0 Å². The van der Waals surface area contributed by atoms with Crippen LogP contribution in [0.1, 0.15) is 13.3 Å². The van der Waals surface area contributed by atoms with Crippen LogP contribution in [0.15, 0.2) is 23.5 Å². The SMILES string of the molecule is CCC1=CC=C(N)CN1. The molecule has 0 bridgehead atoms. The maximum absolute atomic E-state index is 5.51. The van der Waals surface area contributed by atoms with Crippen LogP contribution in [0.5, 0.6) is 0 Å². The average molecular weight is 124 g/mol. The quantitative estimate of drug-likeness (QED) is 0.540. The van der Waals surface area contributed by atoms with Gasteiger partial charge in [0.1, 0.15) is 0 Å². The Hall–Kier alpha value is -0.920. The number of rotatable bonds is 1. The van der Waals surface area contributed by atoms with Crippen molar-refractivity contribution in [3.63, 3.8) is 0 Å². The lowest BCUT2D eigenvalue weighted by Crippen LogP contribution is -2.22. The first-order valence-corrected chi connectivity index (χ1v) is 3.22. The first kappa shape index (κ1) is 6.20. The summed E-state index contributed by atoms with van der Waals surface area (Å²) in [6, 6.07) is 0. The van der Waals surface area contributed by atoms with Gasteiger partial charge in [0.15, 0.2) is 0 Å². The summed E-state index contributed by atoms with van der Waals surface area (Å²) in [6.45, 7) is 2.92. The Morgan fingerprint density at radius 2 is 2.44 bits per heavy atom. The molecule has 0 amide bonds. The number of hydrogen-bond acceptors (Lipinski definition) is 2. The highest BCUT2D eigenvalue weighted by atomic mass is 14.9. The predicted molar refractivity (Wildman–Crippen MR) is 38.6 cm³/mol. The van der Waals surface area contributed by atoms with Crippen LogP contribution in [0, 0.1) is 0 Å². The van der Waals surface area contributed by atoms with Gasteiger partial charge in [-0.3, -0.25) is 0 Å². The van der Waals surface area contributed by atoms with Crippen LogP contribution >= 0.6 is 0 Å². The molecule has 0 radical (unpaired) electrons. The summed E-state index contributed by atoms with van der Waals surface area (Å²) in [5.41, 5.74) is 7.68. The largest absolute Gasteiger partial charge is 0.401 e. The van der Waals surface area contributed by atoms with Crippen molar-refractivity contribution >= 4 is 0 Å². The summed E-state index contributed by atoms with van der Waals surface area (Å²) in [7, 11) is 0. The Kier molecular flexibility index (Phi) is 1.78. The summed E-state index contributed by atoms with van der Waals surface area (Å²) in [4.78, 5) is 0. The second-order valence-electron chi connectivity index (χ2n) is 2.14. The fourth-order valence-corrected chi connectivity index (χ4v) is 0.784. The fourth-order valence-electron chi connectivity index (χ4n) is 0.784. The third-order valence-electron chi connectivity index (χ3n) is 1.40. The standard InChI is InChI=1S/C7H12N2/c1-2-7-4-3-6(8)5-9-7/h3-4,9H,2,5,8H2,1H3. The van der Waals surface area contributed by atoms with Crippen molar-refractivity contribution in [3.8, 4) is 0 Å². The Balaban J connectivity index is 2.59. The third kappa shape index (κ3) is 1.49. The van der Waals surface area contributed by atoms with Crippen LogP contribution in [0.25, 0.3) is 0 Å². The number of nitrogens with one attached hydrogen (secondary N) is 1. The highest BCUT2D eigenvalue weighted by Crippen LogP contribution is 2.01. The molecule has 0 aromatic rings. The molecule has 9 heavy (non-hydrogen) atoms. The van der Waals surface area contributed by atoms with E-state index in [1.807, 2.05) is 12.2 Å². The molecule has 0 spiro atoms. The van der Waals surface area contributed by atoms with Crippen LogP contribution in [-0.4, -0.2) is 6.54 Å². The number of allylic oxidation sites excluding steroid dienone is 3. The summed E-state index contributed by atoms with van der Waals surface area (Å²) in [5.74, 6) is 0. The van der Waals surface area contributed by atoms with E-state index >= 15 is 0 Å². The lowest BCUT2D eigenvalue weighted by molar-refractivity contribution is 0.799. The molecule has 0 aliphatic carbocycles. The molecule has 1 heterocycles. The van der Waals surface area contributed by atoms with Gasteiger partial charge in [0.25, 0.3) is 0 Å². The predicted octanol–water partition coefficient (Wildman–Crippen LogP) is 0.726. The van der Waals surface area contributed by atoms with Gasteiger partial charge in [0.05, 0.1) is 6.54 Å². The molecule has 0 unspecified atom stereocenters. The fraction of sp³-hybridized carbons (Fsp3) is 0.429. The molecular weight excluding hydrogens is 112 g/mol. The maximum atomic E-state index is 5.51. The molecule has 3 N–H and O–H groups in total. The molecule has 0 atom stereocenters. The van der Waals surface area contributed by atoms with Crippen LogP contribution in [0.3, 0.4) is 0 Å². The molecule has 2 heteroatoms. The maximum Gasteiger partial charge on any atom is 0.0542 e. The zero-order valence-corrected chi connectivity index (χ0v) is 5.65. The molecule has 0 aromatic heterocycles. The van der Waals surface area contributed by atoms with Gasteiger partial charge in [0.2, 0.25) is 0 Å². The van der Waals surface area contributed by atoms with Gasteiger partial charge < -0.3 is 11.1 Å². The van der Waals surface area contributed by atoms with Gasteiger partial charge in [-0.1, -0.05) is 6.92 Å². The minimum atomic E-state index is 0.805. The van der Waals surface area contributed by atoms with E-state index in [2.05, 4.69) is 12.2 Å². The van der Waals surface area contributed by atoms with Gasteiger partial charge >= 0.3 is 0 Å². The molecule has 0 saturated heterocycles. The zero-order chi connectivity index (χ0) is 6.69.